The van der Waals surface area contributed by atoms with Crippen LogP contribution in [0.1, 0.15) is 26.2 Å². The van der Waals surface area contributed by atoms with Crippen molar-refractivity contribution in [1.82, 2.24) is 4.90 Å². The van der Waals surface area contributed by atoms with Crippen molar-refractivity contribution in [2.24, 2.45) is 0 Å². The predicted molar refractivity (Wildman–Crippen MR) is 79.0 cm³/mol. The van der Waals surface area contributed by atoms with Crippen molar-refractivity contribution in [1.29, 1.82) is 0 Å². The largest absolute Gasteiger partial charge is 0.494 e. The second kappa shape index (κ2) is 5.83. The van der Waals surface area contributed by atoms with Crippen LogP contribution >= 0.6 is 0 Å². The third kappa shape index (κ3) is 2.86. The SMILES string of the molecule is CCOc1ccc(N2CCCN3CCCC3C2)cc1. The first-order valence-electron chi connectivity index (χ1n) is 7.58. The fourth-order valence-electron chi connectivity index (χ4n) is 3.36. The van der Waals surface area contributed by atoms with Gasteiger partial charge in [0.25, 0.3) is 0 Å². The predicted octanol–water partition coefficient (Wildman–Crippen LogP) is 2.76. The van der Waals surface area contributed by atoms with Gasteiger partial charge in [0, 0.05) is 31.4 Å². The molecule has 3 rings (SSSR count). The summed E-state index contributed by atoms with van der Waals surface area (Å²) >= 11 is 0. The van der Waals surface area contributed by atoms with Crippen molar-refractivity contribution >= 4 is 5.69 Å². The normalized spacial score (nSPS) is 24.1. The first-order chi connectivity index (χ1) is 9.36. The van der Waals surface area contributed by atoms with Crippen molar-refractivity contribution < 1.29 is 4.74 Å². The molecule has 2 heterocycles. The second-order valence-electron chi connectivity index (χ2n) is 5.56. The molecule has 0 radical (unpaired) electrons. The highest BCUT2D eigenvalue weighted by Gasteiger charge is 2.28. The van der Waals surface area contributed by atoms with Crippen LogP contribution in [0.2, 0.25) is 0 Å². The average molecular weight is 260 g/mol. The molecule has 1 aromatic rings. The summed E-state index contributed by atoms with van der Waals surface area (Å²) in [5.41, 5.74) is 1.34. The summed E-state index contributed by atoms with van der Waals surface area (Å²) in [5, 5.41) is 0. The number of ether oxygens (including phenoxy) is 1. The summed E-state index contributed by atoms with van der Waals surface area (Å²) in [5.74, 6) is 0.976. The Bertz CT molecular complexity index is 404. The maximum atomic E-state index is 5.52. The van der Waals surface area contributed by atoms with E-state index in [0.717, 1.165) is 18.4 Å². The topological polar surface area (TPSA) is 15.7 Å². The second-order valence-corrected chi connectivity index (χ2v) is 5.56. The van der Waals surface area contributed by atoms with E-state index in [9.17, 15) is 0 Å². The number of benzene rings is 1. The molecule has 0 bridgehead atoms. The molecular formula is C16H24N2O. The third-order valence-corrected chi connectivity index (χ3v) is 4.32. The first kappa shape index (κ1) is 12.8. The molecule has 104 valence electrons. The number of hydrogen-bond donors (Lipinski definition) is 0. The van der Waals surface area contributed by atoms with Gasteiger partial charge in [-0.25, -0.2) is 0 Å². The van der Waals surface area contributed by atoms with E-state index in [1.54, 1.807) is 0 Å². The van der Waals surface area contributed by atoms with Crippen molar-refractivity contribution in [2.45, 2.75) is 32.2 Å². The third-order valence-electron chi connectivity index (χ3n) is 4.32. The number of fused-ring (bicyclic) bond motifs is 1. The van der Waals surface area contributed by atoms with E-state index in [2.05, 4.69) is 34.1 Å². The van der Waals surface area contributed by atoms with Gasteiger partial charge >= 0.3 is 0 Å². The van der Waals surface area contributed by atoms with Gasteiger partial charge in [0.15, 0.2) is 0 Å². The molecule has 2 aliphatic heterocycles. The van der Waals surface area contributed by atoms with Gasteiger partial charge in [-0.15, -0.1) is 0 Å². The monoisotopic (exact) mass is 260 g/mol. The lowest BCUT2D eigenvalue weighted by Crippen LogP contribution is -2.36. The summed E-state index contributed by atoms with van der Waals surface area (Å²) in [4.78, 5) is 5.22. The van der Waals surface area contributed by atoms with E-state index >= 15 is 0 Å². The van der Waals surface area contributed by atoms with E-state index in [0.29, 0.717) is 0 Å². The zero-order valence-corrected chi connectivity index (χ0v) is 11.8. The molecular weight excluding hydrogens is 236 g/mol. The highest BCUT2D eigenvalue weighted by atomic mass is 16.5. The van der Waals surface area contributed by atoms with Gasteiger partial charge < -0.3 is 9.64 Å². The Hall–Kier alpha value is -1.22. The van der Waals surface area contributed by atoms with E-state index < -0.39 is 0 Å². The van der Waals surface area contributed by atoms with Crippen LogP contribution in [0, 0.1) is 0 Å². The maximum Gasteiger partial charge on any atom is 0.119 e. The molecule has 0 saturated carbocycles. The lowest BCUT2D eigenvalue weighted by atomic mass is 10.2. The van der Waals surface area contributed by atoms with Gasteiger partial charge in [-0.2, -0.15) is 0 Å². The standard InChI is InChI=1S/C16H24N2O/c1-2-19-16-8-6-14(7-9-16)18-12-4-11-17-10-3-5-15(17)13-18/h6-9,15H,2-5,10-13H2,1H3. The molecule has 1 aromatic carbocycles. The van der Waals surface area contributed by atoms with Crippen molar-refractivity contribution in [3.8, 4) is 5.75 Å². The lowest BCUT2D eigenvalue weighted by molar-refractivity contribution is 0.273. The Morgan fingerprint density at radius 2 is 1.89 bits per heavy atom. The van der Waals surface area contributed by atoms with E-state index in [4.69, 9.17) is 4.74 Å². The molecule has 0 aromatic heterocycles. The molecule has 0 amide bonds. The number of hydrogen-bond acceptors (Lipinski definition) is 3. The average Bonchev–Trinajstić information content (AvgIpc) is 2.77. The minimum atomic E-state index is 0.736. The van der Waals surface area contributed by atoms with Gasteiger partial charge in [0.05, 0.1) is 6.61 Å². The Labute approximate surface area is 116 Å². The number of rotatable bonds is 3. The molecule has 0 spiro atoms. The van der Waals surface area contributed by atoms with E-state index in [-0.39, 0.29) is 0 Å². The van der Waals surface area contributed by atoms with E-state index in [1.165, 1.54) is 51.1 Å². The summed E-state index contributed by atoms with van der Waals surface area (Å²) in [6.07, 6.45) is 4.03. The first-order valence-corrected chi connectivity index (χ1v) is 7.58. The molecule has 3 heteroatoms. The van der Waals surface area contributed by atoms with Gasteiger partial charge in [-0.3, -0.25) is 4.90 Å². The molecule has 19 heavy (non-hydrogen) atoms. The summed E-state index contributed by atoms with van der Waals surface area (Å²) in [7, 11) is 0. The zero-order valence-electron chi connectivity index (χ0n) is 11.8. The minimum Gasteiger partial charge on any atom is -0.494 e. The molecule has 2 saturated heterocycles. The van der Waals surface area contributed by atoms with Crippen molar-refractivity contribution in [2.75, 3.05) is 37.7 Å². The Morgan fingerprint density at radius 1 is 1.11 bits per heavy atom. The van der Waals surface area contributed by atoms with Crippen LogP contribution < -0.4 is 9.64 Å². The van der Waals surface area contributed by atoms with Crippen molar-refractivity contribution in [3.05, 3.63) is 24.3 Å². The summed E-state index contributed by atoms with van der Waals surface area (Å²) in [6.45, 7) is 7.71. The highest BCUT2D eigenvalue weighted by Crippen LogP contribution is 2.26. The zero-order chi connectivity index (χ0) is 13.1. The van der Waals surface area contributed by atoms with Gasteiger partial charge in [-0.05, 0) is 57.0 Å². The van der Waals surface area contributed by atoms with Crippen LogP contribution in [0.25, 0.3) is 0 Å². The minimum absolute atomic E-state index is 0.736. The van der Waals surface area contributed by atoms with Crippen LogP contribution in [0.5, 0.6) is 5.75 Å². The van der Waals surface area contributed by atoms with Crippen LogP contribution in [-0.2, 0) is 0 Å². The van der Waals surface area contributed by atoms with Crippen LogP contribution in [0.15, 0.2) is 24.3 Å². The fourth-order valence-corrected chi connectivity index (χ4v) is 3.36. The van der Waals surface area contributed by atoms with Crippen LogP contribution in [0.3, 0.4) is 0 Å². The van der Waals surface area contributed by atoms with E-state index in [1.807, 2.05) is 6.92 Å². The number of anilines is 1. The van der Waals surface area contributed by atoms with Gasteiger partial charge in [0.2, 0.25) is 0 Å². The van der Waals surface area contributed by atoms with Gasteiger partial charge in [-0.1, -0.05) is 0 Å². The molecule has 1 unspecified atom stereocenters. The van der Waals surface area contributed by atoms with Gasteiger partial charge in [0.1, 0.15) is 5.75 Å². The Kier molecular flexibility index (Phi) is 3.92. The summed E-state index contributed by atoms with van der Waals surface area (Å²) in [6, 6.07) is 9.37. The summed E-state index contributed by atoms with van der Waals surface area (Å²) < 4.78 is 5.52. The lowest BCUT2D eigenvalue weighted by Gasteiger charge is -2.27. The van der Waals surface area contributed by atoms with Crippen LogP contribution in [-0.4, -0.2) is 43.7 Å². The molecule has 0 N–H and O–H groups in total. The smallest absolute Gasteiger partial charge is 0.119 e. The maximum absolute atomic E-state index is 5.52. The fraction of sp³-hybridized carbons (Fsp3) is 0.625. The quantitative estimate of drug-likeness (QED) is 0.831. The highest BCUT2D eigenvalue weighted by molar-refractivity contribution is 5.49. The molecule has 1 atom stereocenters. The Morgan fingerprint density at radius 3 is 2.68 bits per heavy atom. The van der Waals surface area contributed by atoms with Crippen molar-refractivity contribution in [3.63, 3.8) is 0 Å². The molecule has 2 aliphatic rings. The molecule has 2 fully saturated rings. The number of nitrogens with zero attached hydrogens (tertiary/aromatic N) is 2. The molecule has 3 nitrogen and oxygen atoms in total. The van der Waals surface area contributed by atoms with Crippen LogP contribution in [0.4, 0.5) is 5.69 Å². The Balaban J connectivity index is 1.70. The molecule has 0 aliphatic carbocycles.